The van der Waals surface area contributed by atoms with Gasteiger partial charge < -0.3 is 11.1 Å². The predicted octanol–water partition coefficient (Wildman–Crippen LogP) is 3.12. The van der Waals surface area contributed by atoms with E-state index in [0.717, 1.165) is 3.57 Å². The molecule has 0 amide bonds. The molecule has 6 nitrogen and oxygen atoms in total. The average Bonchev–Trinajstić information content (AvgIpc) is 2.93. The molecule has 0 spiro atoms. The highest BCUT2D eigenvalue weighted by molar-refractivity contribution is 14.1. The third-order valence-corrected chi connectivity index (χ3v) is 7.82. The zero-order valence-corrected chi connectivity index (χ0v) is 17.1. The van der Waals surface area contributed by atoms with Crippen molar-refractivity contribution in [1.29, 1.82) is 0 Å². The number of thiophene rings is 1. The van der Waals surface area contributed by atoms with Crippen molar-refractivity contribution in [3.8, 4) is 0 Å². The van der Waals surface area contributed by atoms with Crippen LogP contribution in [0.4, 0.5) is 15.1 Å². The van der Waals surface area contributed by atoms with Gasteiger partial charge in [-0.3, -0.25) is 0 Å². The molecule has 3 aromatic rings. The van der Waals surface area contributed by atoms with Crippen molar-refractivity contribution in [2.45, 2.75) is 10.9 Å². The van der Waals surface area contributed by atoms with Gasteiger partial charge in [0.1, 0.15) is 20.5 Å². The summed E-state index contributed by atoms with van der Waals surface area (Å²) in [5.41, 5.74) is 5.96. The number of nitrogens with two attached hydrogens (primary N) is 1. The molecule has 10 heteroatoms. The Labute approximate surface area is 167 Å². The number of halogens is 2. The fourth-order valence-electron chi connectivity index (χ4n) is 2.76. The molecule has 0 bridgehead atoms. The Morgan fingerprint density at radius 1 is 1.35 bits per heavy atom. The maximum absolute atomic E-state index is 14.3. The maximum atomic E-state index is 14.3. The van der Waals surface area contributed by atoms with Gasteiger partial charge in [0.15, 0.2) is 0 Å². The average molecular weight is 504 g/mol. The van der Waals surface area contributed by atoms with Gasteiger partial charge in [-0.15, -0.1) is 0 Å². The Kier molecular flexibility index (Phi) is 4.63. The summed E-state index contributed by atoms with van der Waals surface area (Å²) in [6.07, 6.45) is 1.60. The van der Waals surface area contributed by atoms with Crippen LogP contribution in [-0.4, -0.2) is 36.8 Å². The van der Waals surface area contributed by atoms with E-state index in [1.54, 1.807) is 30.5 Å². The van der Waals surface area contributed by atoms with Crippen LogP contribution in [-0.2, 0) is 10.0 Å². The monoisotopic (exact) mass is 504 g/mol. The molecule has 1 aliphatic heterocycles. The Hall–Kier alpha value is -1.34. The molecule has 3 heterocycles. The number of nitrogens with one attached hydrogen (secondary N) is 1. The Morgan fingerprint density at radius 3 is 2.81 bits per heavy atom. The van der Waals surface area contributed by atoms with Gasteiger partial charge in [0.25, 0.3) is 0 Å². The molecule has 3 N–H and O–H groups in total. The van der Waals surface area contributed by atoms with E-state index in [-0.39, 0.29) is 29.7 Å². The minimum atomic E-state index is -3.75. The van der Waals surface area contributed by atoms with Gasteiger partial charge in [0, 0.05) is 34.3 Å². The van der Waals surface area contributed by atoms with Gasteiger partial charge in [-0.1, -0.05) is 11.3 Å². The summed E-state index contributed by atoms with van der Waals surface area (Å²) < 4.78 is 42.5. The zero-order chi connectivity index (χ0) is 18.5. The first-order valence-corrected chi connectivity index (χ1v) is 11.0. The second-order valence-corrected chi connectivity index (χ2v) is 10.1. The van der Waals surface area contributed by atoms with E-state index >= 15 is 0 Å². The molecule has 0 atom stereocenters. The van der Waals surface area contributed by atoms with Crippen molar-refractivity contribution in [3.05, 3.63) is 45.9 Å². The molecule has 0 unspecified atom stereocenters. The highest BCUT2D eigenvalue weighted by atomic mass is 127. The second-order valence-electron chi connectivity index (χ2n) is 5.95. The van der Waals surface area contributed by atoms with E-state index in [4.69, 9.17) is 5.73 Å². The number of fused-ring (bicyclic) bond motifs is 1. The lowest BCUT2D eigenvalue weighted by atomic mass is 10.2. The smallest absolute Gasteiger partial charge is 0.246 e. The number of hydrogen-bond donors (Lipinski definition) is 2. The van der Waals surface area contributed by atoms with Crippen LogP contribution in [0.5, 0.6) is 0 Å². The van der Waals surface area contributed by atoms with E-state index in [2.05, 4.69) is 10.3 Å². The summed E-state index contributed by atoms with van der Waals surface area (Å²) in [5.74, 6) is -0.448. The summed E-state index contributed by atoms with van der Waals surface area (Å²) in [6.45, 7) is 0.550. The number of sulfonamides is 1. The lowest BCUT2D eigenvalue weighted by molar-refractivity contribution is 0.266. The van der Waals surface area contributed by atoms with Crippen LogP contribution < -0.4 is 11.1 Å². The molecule has 4 rings (SSSR count). The van der Waals surface area contributed by atoms with Crippen molar-refractivity contribution in [1.82, 2.24) is 9.29 Å². The van der Waals surface area contributed by atoms with Crippen molar-refractivity contribution < 1.29 is 12.8 Å². The normalized spacial score (nSPS) is 16.0. The summed E-state index contributed by atoms with van der Waals surface area (Å²) >= 11 is 3.20. The van der Waals surface area contributed by atoms with Crippen LogP contribution in [0.3, 0.4) is 0 Å². The topological polar surface area (TPSA) is 88.3 Å². The van der Waals surface area contributed by atoms with Crippen molar-refractivity contribution in [3.63, 3.8) is 0 Å². The number of hydrogen-bond acceptors (Lipinski definition) is 6. The third-order valence-electron chi connectivity index (χ3n) is 4.07. The standard InChI is InChI=1S/C16H14FIN4O2S2/c17-12-6-9(18)3-4-13(12)21-16-14(11-2-1-5-20-15(11)25-16)26(23,24)22-7-10(19)8-22/h1-6,10,21H,7-8,19H2. The van der Waals surface area contributed by atoms with Crippen LogP contribution in [0.2, 0.25) is 0 Å². The SMILES string of the molecule is NC1CN(S(=O)(=O)c2c(Nc3ccc(I)cc3F)sc3ncccc23)C1. The molecule has 1 aliphatic rings. The van der Waals surface area contributed by atoms with Gasteiger partial charge in [0.05, 0.1) is 5.69 Å². The second kappa shape index (κ2) is 6.68. The highest BCUT2D eigenvalue weighted by Crippen LogP contribution is 2.41. The molecular weight excluding hydrogens is 490 g/mol. The number of benzene rings is 1. The summed E-state index contributed by atoms with van der Waals surface area (Å²) in [4.78, 5) is 4.94. The van der Waals surface area contributed by atoms with Crippen molar-refractivity contribution in [2.24, 2.45) is 5.73 Å². The fraction of sp³-hybridized carbons (Fsp3) is 0.188. The molecule has 26 heavy (non-hydrogen) atoms. The lowest BCUT2D eigenvalue weighted by Gasteiger charge is -2.35. The number of anilines is 2. The van der Waals surface area contributed by atoms with Crippen LogP contribution in [0.15, 0.2) is 41.4 Å². The van der Waals surface area contributed by atoms with E-state index < -0.39 is 15.8 Å². The number of aromatic nitrogens is 1. The van der Waals surface area contributed by atoms with E-state index in [0.29, 0.717) is 15.2 Å². The summed E-state index contributed by atoms with van der Waals surface area (Å²) in [5, 5.41) is 3.81. The quantitative estimate of drug-likeness (QED) is 0.534. The Morgan fingerprint density at radius 2 is 2.12 bits per heavy atom. The Balaban J connectivity index is 1.84. The maximum Gasteiger partial charge on any atom is 0.246 e. The van der Waals surface area contributed by atoms with Crippen LogP contribution >= 0.6 is 33.9 Å². The van der Waals surface area contributed by atoms with E-state index in [1.165, 1.54) is 21.7 Å². The summed E-state index contributed by atoms with van der Waals surface area (Å²) in [7, 11) is -3.75. The van der Waals surface area contributed by atoms with Crippen molar-refractivity contribution >= 4 is 64.9 Å². The van der Waals surface area contributed by atoms with Gasteiger partial charge in [-0.2, -0.15) is 4.31 Å². The van der Waals surface area contributed by atoms with Gasteiger partial charge in [0.2, 0.25) is 10.0 Å². The molecule has 2 aromatic heterocycles. The summed E-state index contributed by atoms with van der Waals surface area (Å²) in [6, 6.07) is 7.96. The third kappa shape index (κ3) is 3.09. The van der Waals surface area contributed by atoms with Crippen LogP contribution in [0.25, 0.3) is 10.2 Å². The Bertz CT molecular complexity index is 1100. The molecule has 1 saturated heterocycles. The predicted molar refractivity (Wildman–Crippen MR) is 109 cm³/mol. The van der Waals surface area contributed by atoms with Gasteiger partial charge in [-0.25, -0.2) is 17.8 Å². The molecule has 0 radical (unpaired) electrons. The minimum Gasteiger partial charge on any atom is -0.344 e. The molecule has 0 aliphatic carbocycles. The number of rotatable bonds is 4. The first kappa shape index (κ1) is 18.0. The van der Waals surface area contributed by atoms with E-state index in [9.17, 15) is 12.8 Å². The first-order chi connectivity index (χ1) is 12.4. The highest BCUT2D eigenvalue weighted by Gasteiger charge is 2.38. The minimum absolute atomic E-state index is 0.121. The number of nitrogens with zero attached hydrogens (tertiary/aromatic N) is 2. The van der Waals surface area contributed by atoms with E-state index in [1.807, 2.05) is 22.6 Å². The van der Waals surface area contributed by atoms with Crippen LogP contribution in [0, 0.1) is 9.39 Å². The molecular formula is C16H14FIN4O2S2. The lowest BCUT2D eigenvalue weighted by Crippen LogP contribution is -2.57. The zero-order valence-electron chi connectivity index (χ0n) is 13.3. The van der Waals surface area contributed by atoms with Crippen LogP contribution in [0.1, 0.15) is 0 Å². The molecule has 1 fully saturated rings. The van der Waals surface area contributed by atoms with Gasteiger partial charge >= 0.3 is 0 Å². The van der Waals surface area contributed by atoms with Gasteiger partial charge in [-0.05, 0) is 52.9 Å². The fourth-order valence-corrected chi connectivity index (χ4v) is 6.43. The largest absolute Gasteiger partial charge is 0.344 e. The molecule has 0 saturated carbocycles. The number of pyridine rings is 1. The first-order valence-electron chi connectivity index (χ1n) is 7.71. The van der Waals surface area contributed by atoms with Crippen molar-refractivity contribution in [2.75, 3.05) is 18.4 Å². The molecule has 1 aromatic carbocycles. The molecule has 136 valence electrons.